The summed E-state index contributed by atoms with van der Waals surface area (Å²) in [6.07, 6.45) is 0. The summed E-state index contributed by atoms with van der Waals surface area (Å²) in [4.78, 5) is 22.0. The van der Waals surface area contributed by atoms with Crippen LogP contribution in [0.3, 0.4) is 0 Å². The molecule has 0 aliphatic carbocycles. The lowest BCUT2D eigenvalue weighted by atomic mass is 10.2. The second-order valence-electron chi connectivity index (χ2n) is 4.47. The fraction of sp³-hybridized carbons (Fsp3) is 0.214. The SMILES string of the molecule is CNC(=O)CN(C)c1cc(NN)nc(-c2ccccc2)n1. The van der Waals surface area contributed by atoms with Crippen LogP contribution < -0.4 is 21.5 Å². The Balaban J connectivity index is 2.36. The average Bonchev–Trinajstić information content (AvgIpc) is 2.54. The van der Waals surface area contributed by atoms with Crippen molar-refractivity contribution in [1.82, 2.24) is 15.3 Å². The maximum Gasteiger partial charge on any atom is 0.239 e. The van der Waals surface area contributed by atoms with Crippen LogP contribution in [0.4, 0.5) is 11.6 Å². The van der Waals surface area contributed by atoms with E-state index in [2.05, 4.69) is 20.7 Å². The first-order valence-electron chi connectivity index (χ1n) is 6.47. The molecule has 2 rings (SSSR count). The van der Waals surface area contributed by atoms with Crippen molar-refractivity contribution in [3.63, 3.8) is 0 Å². The summed E-state index contributed by atoms with van der Waals surface area (Å²) < 4.78 is 0. The number of hydrazine groups is 1. The Hall–Kier alpha value is -2.67. The average molecular weight is 286 g/mol. The van der Waals surface area contributed by atoms with E-state index in [9.17, 15) is 4.79 Å². The van der Waals surface area contributed by atoms with Gasteiger partial charge in [0.25, 0.3) is 0 Å². The molecular formula is C14H18N6O. The highest BCUT2D eigenvalue weighted by atomic mass is 16.1. The van der Waals surface area contributed by atoms with E-state index in [1.165, 1.54) is 0 Å². The van der Waals surface area contributed by atoms with Crippen LogP contribution >= 0.6 is 0 Å². The molecule has 0 aliphatic heterocycles. The maximum atomic E-state index is 11.5. The highest BCUT2D eigenvalue weighted by Gasteiger charge is 2.11. The van der Waals surface area contributed by atoms with E-state index < -0.39 is 0 Å². The number of nitrogen functional groups attached to an aromatic ring is 1. The summed E-state index contributed by atoms with van der Waals surface area (Å²) >= 11 is 0. The van der Waals surface area contributed by atoms with Gasteiger partial charge in [-0.15, -0.1) is 0 Å². The van der Waals surface area contributed by atoms with E-state index in [1.807, 2.05) is 30.3 Å². The van der Waals surface area contributed by atoms with Gasteiger partial charge in [-0.3, -0.25) is 4.79 Å². The molecule has 0 fully saturated rings. The molecule has 0 unspecified atom stereocenters. The molecule has 0 spiro atoms. The van der Waals surface area contributed by atoms with Crippen LogP contribution in [0.1, 0.15) is 0 Å². The molecule has 0 saturated carbocycles. The van der Waals surface area contributed by atoms with Gasteiger partial charge in [-0.05, 0) is 0 Å². The normalized spacial score (nSPS) is 10.0. The predicted octanol–water partition coefficient (Wildman–Crippen LogP) is 0.611. The number of carbonyl (C=O) groups is 1. The Morgan fingerprint density at radius 3 is 2.62 bits per heavy atom. The Labute approximate surface area is 123 Å². The first-order chi connectivity index (χ1) is 10.1. The smallest absolute Gasteiger partial charge is 0.239 e. The molecule has 1 amide bonds. The number of rotatable bonds is 5. The molecule has 110 valence electrons. The third-order valence-corrected chi connectivity index (χ3v) is 2.94. The molecule has 2 aromatic rings. The highest BCUT2D eigenvalue weighted by molar-refractivity contribution is 5.80. The van der Waals surface area contributed by atoms with Gasteiger partial charge in [0.15, 0.2) is 5.82 Å². The minimum atomic E-state index is -0.0976. The summed E-state index contributed by atoms with van der Waals surface area (Å²) in [5, 5.41) is 2.58. The van der Waals surface area contributed by atoms with Crippen molar-refractivity contribution in [3.8, 4) is 11.4 Å². The number of nitrogens with two attached hydrogens (primary N) is 1. The van der Waals surface area contributed by atoms with Gasteiger partial charge in [0.1, 0.15) is 11.6 Å². The Kier molecular flexibility index (Phi) is 4.68. The zero-order chi connectivity index (χ0) is 15.2. The Morgan fingerprint density at radius 1 is 1.29 bits per heavy atom. The van der Waals surface area contributed by atoms with Crippen molar-refractivity contribution in [2.45, 2.75) is 0 Å². The van der Waals surface area contributed by atoms with Gasteiger partial charge in [0.2, 0.25) is 5.91 Å². The predicted molar refractivity (Wildman–Crippen MR) is 82.6 cm³/mol. The molecule has 1 aromatic carbocycles. The second kappa shape index (κ2) is 6.67. The summed E-state index contributed by atoms with van der Waals surface area (Å²) in [5.74, 6) is 7.00. The van der Waals surface area contributed by atoms with Crippen LogP contribution in [0.25, 0.3) is 11.4 Å². The molecule has 4 N–H and O–H groups in total. The monoisotopic (exact) mass is 286 g/mol. The number of nitrogens with one attached hydrogen (secondary N) is 2. The van der Waals surface area contributed by atoms with Crippen molar-refractivity contribution in [1.29, 1.82) is 0 Å². The molecule has 0 radical (unpaired) electrons. The fourth-order valence-corrected chi connectivity index (χ4v) is 1.80. The van der Waals surface area contributed by atoms with E-state index in [-0.39, 0.29) is 12.5 Å². The van der Waals surface area contributed by atoms with Gasteiger partial charge in [-0.25, -0.2) is 15.8 Å². The molecule has 21 heavy (non-hydrogen) atoms. The number of amides is 1. The number of hydrogen-bond donors (Lipinski definition) is 3. The van der Waals surface area contributed by atoms with Gasteiger partial charge in [-0.2, -0.15) is 0 Å². The van der Waals surface area contributed by atoms with Crippen molar-refractivity contribution in [2.24, 2.45) is 5.84 Å². The number of hydrogen-bond acceptors (Lipinski definition) is 6. The molecule has 7 nitrogen and oxygen atoms in total. The third-order valence-electron chi connectivity index (χ3n) is 2.94. The van der Waals surface area contributed by atoms with E-state index in [4.69, 9.17) is 5.84 Å². The van der Waals surface area contributed by atoms with Gasteiger partial charge in [0, 0.05) is 25.7 Å². The van der Waals surface area contributed by atoms with Gasteiger partial charge >= 0.3 is 0 Å². The lowest BCUT2D eigenvalue weighted by molar-refractivity contribution is -0.119. The number of carbonyl (C=O) groups excluding carboxylic acids is 1. The van der Waals surface area contributed by atoms with Crippen molar-refractivity contribution in [2.75, 3.05) is 31.0 Å². The van der Waals surface area contributed by atoms with Crippen LogP contribution in [-0.2, 0) is 4.79 Å². The zero-order valence-electron chi connectivity index (χ0n) is 12.0. The van der Waals surface area contributed by atoms with Gasteiger partial charge in [0.05, 0.1) is 6.54 Å². The van der Waals surface area contributed by atoms with Crippen molar-refractivity contribution < 1.29 is 4.79 Å². The van der Waals surface area contributed by atoms with Crippen LogP contribution in [0, 0.1) is 0 Å². The summed E-state index contributed by atoms with van der Waals surface area (Å²) in [5.41, 5.74) is 3.40. The Morgan fingerprint density at radius 2 is 2.00 bits per heavy atom. The lowest BCUT2D eigenvalue weighted by Gasteiger charge is -2.18. The first-order valence-corrected chi connectivity index (χ1v) is 6.47. The number of benzene rings is 1. The summed E-state index contributed by atoms with van der Waals surface area (Å²) in [7, 11) is 3.38. The zero-order valence-corrected chi connectivity index (χ0v) is 12.0. The minimum Gasteiger partial charge on any atom is -0.358 e. The highest BCUT2D eigenvalue weighted by Crippen LogP contribution is 2.21. The number of aromatic nitrogens is 2. The van der Waals surface area contributed by atoms with Crippen LogP contribution in [0.2, 0.25) is 0 Å². The standard InChI is InChI=1S/C14H18N6O/c1-16-13(21)9-20(2)12-8-11(19-15)17-14(18-12)10-6-4-3-5-7-10/h3-8H,9,15H2,1-2H3,(H,16,21)(H,17,18,19). The quantitative estimate of drug-likeness (QED) is 0.550. The molecular weight excluding hydrogens is 268 g/mol. The van der Waals surface area contributed by atoms with Crippen LogP contribution in [0.15, 0.2) is 36.4 Å². The van der Waals surface area contributed by atoms with E-state index in [1.54, 1.807) is 25.1 Å². The summed E-state index contributed by atoms with van der Waals surface area (Å²) in [6.45, 7) is 0.200. The van der Waals surface area contributed by atoms with Crippen molar-refractivity contribution >= 4 is 17.5 Å². The van der Waals surface area contributed by atoms with E-state index in [0.29, 0.717) is 17.5 Å². The van der Waals surface area contributed by atoms with Gasteiger partial charge in [-0.1, -0.05) is 30.3 Å². The second-order valence-corrected chi connectivity index (χ2v) is 4.47. The molecule has 0 aliphatic rings. The number of nitrogens with zero attached hydrogens (tertiary/aromatic N) is 3. The molecule has 0 atom stereocenters. The molecule has 0 bridgehead atoms. The number of likely N-dealkylation sites (N-methyl/N-ethyl adjacent to an activating group) is 2. The molecule has 0 saturated heterocycles. The molecule has 1 heterocycles. The molecule has 7 heteroatoms. The van der Waals surface area contributed by atoms with Gasteiger partial charge < -0.3 is 15.6 Å². The molecule has 1 aromatic heterocycles. The number of anilines is 2. The topological polar surface area (TPSA) is 96.2 Å². The van der Waals surface area contributed by atoms with E-state index >= 15 is 0 Å². The minimum absolute atomic E-state index is 0.0976. The van der Waals surface area contributed by atoms with Crippen molar-refractivity contribution in [3.05, 3.63) is 36.4 Å². The Bertz CT molecular complexity index is 616. The van der Waals surface area contributed by atoms with Crippen LogP contribution in [-0.4, -0.2) is 36.5 Å². The first kappa shape index (κ1) is 14.7. The fourth-order valence-electron chi connectivity index (χ4n) is 1.80. The summed E-state index contributed by atoms with van der Waals surface area (Å²) in [6, 6.07) is 11.3. The maximum absolute atomic E-state index is 11.5. The van der Waals surface area contributed by atoms with Crippen LogP contribution in [0.5, 0.6) is 0 Å². The van der Waals surface area contributed by atoms with E-state index in [0.717, 1.165) is 5.56 Å². The lowest BCUT2D eigenvalue weighted by Crippen LogP contribution is -2.33. The third kappa shape index (κ3) is 3.67. The largest absolute Gasteiger partial charge is 0.358 e.